The number of nitrogens with zero attached hydrogens (tertiary/aromatic N) is 1. The van der Waals surface area contributed by atoms with Gasteiger partial charge in [-0.2, -0.15) is 0 Å². The molecule has 0 radical (unpaired) electrons. The molecule has 0 aliphatic carbocycles. The fourth-order valence-electron chi connectivity index (χ4n) is 3.64. The Kier molecular flexibility index (Phi) is 5.24. The molecule has 0 unspecified atom stereocenters. The van der Waals surface area contributed by atoms with E-state index in [1.807, 2.05) is 50.4 Å². The van der Waals surface area contributed by atoms with Crippen LogP contribution in [-0.4, -0.2) is 22.5 Å². The average Bonchev–Trinajstić information content (AvgIpc) is 3.08. The van der Waals surface area contributed by atoms with Gasteiger partial charge >= 0.3 is 11.9 Å². The maximum absolute atomic E-state index is 12.7. The van der Waals surface area contributed by atoms with Crippen molar-refractivity contribution in [2.75, 3.05) is 0 Å². The van der Waals surface area contributed by atoms with Crippen LogP contribution in [0.1, 0.15) is 43.5 Å². The Labute approximate surface area is 178 Å². The number of carbonyl (C=O) groups is 2. The Balaban J connectivity index is 1.83. The Bertz CT molecular complexity index is 1150. The highest BCUT2D eigenvalue weighted by molar-refractivity contribution is 7.09. The number of esters is 2. The summed E-state index contributed by atoms with van der Waals surface area (Å²) in [6, 6.07) is 7.52. The number of fused-ring (bicyclic) bond motifs is 3. The molecule has 4 rings (SSSR count). The highest BCUT2D eigenvalue weighted by Gasteiger charge is 2.34. The third kappa shape index (κ3) is 4.03. The Morgan fingerprint density at radius 2 is 1.90 bits per heavy atom. The van der Waals surface area contributed by atoms with Crippen LogP contribution >= 0.6 is 11.3 Å². The summed E-state index contributed by atoms with van der Waals surface area (Å²) in [6.07, 6.45) is 1.43. The molecule has 1 aromatic heterocycles. The van der Waals surface area contributed by atoms with Gasteiger partial charge in [0.15, 0.2) is 11.5 Å². The number of aromatic nitrogens is 1. The lowest BCUT2D eigenvalue weighted by Gasteiger charge is -2.34. The number of benzene rings is 2. The molecule has 0 N–H and O–H groups in total. The third-order valence-electron chi connectivity index (χ3n) is 4.98. The minimum absolute atomic E-state index is 0.0405. The van der Waals surface area contributed by atoms with E-state index in [1.54, 1.807) is 0 Å². The Morgan fingerprint density at radius 3 is 2.57 bits per heavy atom. The summed E-state index contributed by atoms with van der Waals surface area (Å²) in [7, 11) is 0. The maximum Gasteiger partial charge on any atom is 0.317 e. The molecule has 0 saturated carbocycles. The summed E-state index contributed by atoms with van der Waals surface area (Å²) in [5, 5.41) is 4.21. The van der Waals surface area contributed by atoms with Crippen LogP contribution in [0.2, 0.25) is 0 Å². The van der Waals surface area contributed by atoms with E-state index in [0.717, 1.165) is 22.4 Å². The van der Waals surface area contributed by atoms with E-state index in [-0.39, 0.29) is 23.5 Å². The summed E-state index contributed by atoms with van der Waals surface area (Å²) in [5.41, 5.74) is 1.06. The van der Waals surface area contributed by atoms with Crippen molar-refractivity contribution in [3.8, 4) is 17.2 Å². The summed E-state index contributed by atoms with van der Waals surface area (Å²) in [6.45, 7) is 7.27. The van der Waals surface area contributed by atoms with E-state index in [9.17, 15) is 9.59 Å². The van der Waals surface area contributed by atoms with E-state index in [1.165, 1.54) is 18.3 Å². The lowest BCUT2D eigenvalue weighted by molar-refractivity contribution is -0.135. The lowest BCUT2D eigenvalue weighted by atomic mass is 9.91. The molecule has 0 spiro atoms. The Hall–Kier alpha value is -2.93. The molecule has 0 saturated heterocycles. The van der Waals surface area contributed by atoms with Gasteiger partial charge in [0.2, 0.25) is 0 Å². The van der Waals surface area contributed by atoms with Crippen LogP contribution in [0.15, 0.2) is 29.6 Å². The molecule has 0 fully saturated rings. The molecule has 0 amide bonds. The number of hydrogen-bond donors (Lipinski definition) is 0. The molecule has 2 aromatic carbocycles. The second-order valence-corrected chi connectivity index (χ2v) is 9.04. The molecule has 1 aliphatic heterocycles. The van der Waals surface area contributed by atoms with E-state index >= 15 is 0 Å². The van der Waals surface area contributed by atoms with E-state index in [0.29, 0.717) is 23.3 Å². The summed E-state index contributed by atoms with van der Waals surface area (Å²) < 4.78 is 17.6. The largest absolute Gasteiger partial charge is 0.487 e. The monoisotopic (exact) mass is 425 g/mol. The standard InChI is InChI=1S/C23H23NO5S/c1-13-24-15(12-30-13)11-19(26)28-21-17-8-6-5-7-16(17)20-18(22(21)27-14(2)25)9-10-23(3,4)29-20/h5-8,12H,9-11H2,1-4H3. The first-order chi connectivity index (χ1) is 14.2. The number of rotatable bonds is 4. The number of thiazole rings is 1. The molecule has 6 nitrogen and oxygen atoms in total. The van der Waals surface area contributed by atoms with Crippen LogP contribution in [-0.2, 0) is 22.4 Å². The topological polar surface area (TPSA) is 74.7 Å². The normalized spacial score (nSPS) is 14.7. The molecule has 30 heavy (non-hydrogen) atoms. The summed E-state index contributed by atoms with van der Waals surface area (Å²) >= 11 is 1.48. The van der Waals surface area contributed by atoms with Gasteiger partial charge in [0.25, 0.3) is 0 Å². The van der Waals surface area contributed by atoms with Gasteiger partial charge < -0.3 is 14.2 Å². The van der Waals surface area contributed by atoms with Crippen molar-refractivity contribution in [2.24, 2.45) is 0 Å². The number of aryl methyl sites for hydroxylation is 1. The van der Waals surface area contributed by atoms with Gasteiger partial charge in [-0.05, 0) is 33.6 Å². The molecule has 2 heterocycles. The highest BCUT2D eigenvalue weighted by atomic mass is 32.1. The van der Waals surface area contributed by atoms with Crippen LogP contribution in [0.5, 0.6) is 17.2 Å². The first-order valence-electron chi connectivity index (χ1n) is 9.80. The Morgan fingerprint density at radius 1 is 1.17 bits per heavy atom. The number of ether oxygens (including phenoxy) is 3. The number of carbonyl (C=O) groups excluding carboxylic acids is 2. The molecule has 7 heteroatoms. The molecular formula is C23H23NO5S. The highest BCUT2D eigenvalue weighted by Crippen LogP contribution is 2.50. The quantitative estimate of drug-likeness (QED) is 0.442. The third-order valence-corrected chi connectivity index (χ3v) is 5.80. The maximum atomic E-state index is 12.7. The van der Waals surface area contributed by atoms with Crippen LogP contribution < -0.4 is 14.2 Å². The van der Waals surface area contributed by atoms with Crippen molar-refractivity contribution in [2.45, 2.75) is 52.6 Å². The van der Waals surface area contributed by atoms with Crippen LogP contribution in [0.3, 0.4) is 0 Å². The van der Waals surface area contributed by atoms with Crippen molar-refractivity contribution in [3.05, 3.63) is 45.9 Å². The smallest absolute Gasteiger partial charge is 0.317 e. The first kappa shape index (κ1) is 20.3. The number of hydrogen-bond acceptors (Lipinski definition) is 7. The second-order valence-electron chi connectivity index (χ2n) is 7.98. The molecule has 0 bridgehead atoms. The minimum atomic E-state index is -0.482. The van der Waals surface area contributed by atoms with E-state index in [4.69, 9.17) is 14.2 Å². The van der Waals surface area contributed by atoms with Gasteiger partial charge in [-0.1, -0.05) is 24.3 Å². The predicted octanol–water partition coefficient (Wildman–Crippen LogP) is 4.78. The fourth-order valence-corrected chi connectivity index (χ4v) is 4.25. The van der Waals surface area contributed by atoms with Crippen molar-refractivity contribution < 1.29 is 23.8 Å². The fraction of sp³-hybridized carbons (Fsp3) is 0.348. The molecule has 1 aliphatic rings. The van der Waals surface area contributed by atoms with Gasteiger partial charge in [-0.25, -0.2) is 4.98 Å². The van der Waals surface area contributed by atoms with Gasteiger partial charge in [-0.15, -0.1) is 11.3 Å². The zero-order valence-corrected chi connectivity index (χ0v) is 18.2. The zero-order chi connectivity index (χ0) is 21.5. The van der Waals surface area contributed by atoms with Crippen LogP contribution in [0.4, 0.5) is 0 Å². The van der Waals surface area contributed by atoms with Crippen molar-refractivity contribution in [1.29, 1.82) is 0 Å². The van der Waals surface area contributed by atoms with Crippen LogP contribution in [0, 0.1) is 6.92 Å². The first-order valence-corrected chi connectivity index (χ1v) is 10.7. The minimum Gasteiger partial charge on any atom is -0.487 e. The zero-order valence-electron chi connectivity index (χ0n) is 17.4. The lowest BCUT2D eigenvalue weighted by Crippen LogP contribution is -2.33. The van der Waals surface area contributed by atoms with Gasteiger partial charge in [-0.3, -0.25) is 9.59 Å². The molecule has 156 valence electrons. The average molecular weight is 426 g/mol. The second kappa shape index (κ2) is 7.72. The van der Waals surface area contributed by atoms with Gasteiger partial charge in [0.05, 0.1) is 17.1 Å². The summed E-state index contributed by atoms with van der Waals surface area (Å²) in [4.78, 5) is 28.9. The van der Waals surface area contributed by atoms with Crippen LogP contribution in [0.25, 0.3) is 10.8 Å². The van der Waals surface area contributed by atoms with Gasteiger partial charge in [0, 0.05) is 28.6 Å². The van der Waals surface area contributed by atoms with Crippen molar-refractivity contribution in [1.82, 2.24) is 4.98 Å². The predicted molar refractivity (Wildman–Crippen MR) is 114 cm³/mol. The SMILES string of the molecule is CC(=O)Oc1c2c(c3ccccc3c1OC(=O)Cc1csc(C)n1)OC(C)(C)CC2. The molecular weight excluding hydrogens is 402 g/mol. The van der Waals surface area contributed by atoms with Gasteiger partial charge in [0.1, 0.15) is 11.4 Å². The molecule has 3 aromatic rings. The van der Waals surface area contributed by atoms with E-state index < -0.39 is 11.9 Å². The van der Waals surface area contributed by atoms with Crippen molar-refractivity contribution >= 4 is 34.0 Å². The van der Waals surface area contributed by atoms with Crippen molar-refractivity contribution in [3.63, 3.8) is 0 Å². The van der Waals surface area contributed by atoms with E-state index in [2.05, 4.69) is 4.98 Å². The summed E-state index contributed by atoms with van der Waals surface area (Å²) in [5.74, 6) is 0.239. The molecule has 0 atom stereocenters.